The average molecular weight is 291 g/mol. The van der Waals surface area contributed by atoms with Crippen molar-refractivity contribution < 1.29 is 23.8 Å². The largest absolute Gasteiger partial charge is 0.445 e. The molecule has 1 unspecified atom stereocenters. The predicted octanol–water partition coefficient (Wildman–Crippen LogP) is 1.71. The third-order valence-corrected chi connectivity index (χ3v) is 2.91. The summed E-state index contributed by atoms with van der Waals surface area (Å²) >= 11 is 0. The van der Waals surface area contributed by atoms with Gasteiger partial charge in [-0.05, 0) is 5.56 Å². The van der Waals surface area contributed by atoms with E-state index in [1.165, 1.54) is 4.90 Å². The van der Waals surface area contributed by atoms with Gasteiger partial charge in [-0.2, -0.15) is 0 Å². The smallest absolute Gasteiger partial charge is 0.410 e. The standard InChI is InChI=1S/C15H17NO5/c1-2-13(17)21-14-10-16(8-9-19-14)15(18)20-11-12-6-4-3-5-7-12/h2-7,14H,1,8-11H2. The summed E-state index contributed by atoms with van der Waals surface area (Å²) in [4.78, 5) is 24.5. The van der Waals surface area contributed by atoms with Gasteiger partial charge >= 0.3 is 12.1 Å². The van der Waals surface area contributed by atoms with Crippen LogP contribution in [0.3, 0.4) is 0 Å². The lowest BCUT2D eigenvalue weighted by molar-refractivity contribution is -0.187. The topological polar surface area (TPSA) is 65.1 Å². The maximum Gasteiger partial charge on any atom is 0.410 e. The Balaban J connectivity index is 1.81. The quantitative estimate of drug-likeness (QED) is 0.624. The van der Waals surface area contributed by atoms with Crippen molar-refractivity contribution in [3.63, 3.8) is 0 Å². The maximum absolute atomic E-state index is 12.0. The molecule has 0 radical (unpaired) electrons. The van der Waals surface area contributed by atoms with Gasteiger partial charge in [-0.1, -0.05) is 36.9 Å². The molecule has 1 heterocycles. The molecule has 1 atom stereocenters. The first-order valence-electron chi connectivity index (χ1n) is 6.59. The third kappa shape index (κ3) is 4.61. The lowest BCUT2D eigenvalue weighted by atomic mass is 10.2. The van der Waals surface area contributed by atoms with Crippen LogP contribution >= 0.6 is 0 Å². The number of morpholine rings is 1. The molecule has 1 aromatic rings. The van der Waals surface area contributed by atoms with Gasteiger partial charge in [0.15, 0.2) is 0 Å². The monoisotopic (exact) mass is 291 g/mol. The van der Waals surface area contributed by atoms with Gasteiger partial charge in [0.05, 0.1) is 13.2 Å². The Morgan fingerprint density at radius 2 is 2.14 bits per heavy atom. The van der Waals surface area contributed by atoms with Gasteiger partial charge in [-0.25, -0.2) is 9.59 Å². The summed E-state index contributed by atoms with van der Waals surface area (Å²) < 4.78 is 15.4. The minimum atomic E-state index is -0.784. The van der Waals surface area contributed by atoms with E-state index in [1.54, 1.807) is 0 Å². The SMILES string of the molecule is C=CC(=O)OC1CN(C(=O)OCc2ccccc2)CCO1. The van der Waals surface area contributed by atoms with Gasteiger partial charge in [0.25, 0.3) is 0 Å². The second-order valence-electron chi connectivity index (χ2n) is 4.43. The second kappa shape index (κ2) is 7.44. The minimum absolute atomic E-state index is 0.146. The van der Waals surface area contributed by atoms with Crippen molar-refractivity contribution in [2.75, 3.05) is 19.7 Å². The van der Waals surface area contributed by atoms with Crippen LogP contribution in [0.1, 0.15) is 5.56 Å². The Labute approximate surface area is 122 Å². The van der Waals surface area contributed by atoms with Gasteiger partial charge in [0.2, 0.25) is 6.29 Å². The van der Waals surface area contributed by atoms with Crippen LogP contribution in [-0.4, -0.2) is 42.9 Å². The van der Waals surface area contributed by atoms with Crippen molar-refractivity contribution in [2.45, 2.75) is 12.9 Å². The average Bonchev–Trinajstić information content (AvgIpc) is 2.53. The number of ether oxygens (including phenoxy) is 3. The Kier molecular flexibility index (Phi) is 5.34. The normalized spacial score (nSPS) is 17.9. The summed E-state index contributed by atoms with van der Waals surface area (Å²) in [6.45, 7) is 4.34. The van der Waals surface area contributed by atoms with Crippen molar-refractivity contribution in [1.29, 1.82) is 0 Å². The minimum Gasteiger partial charge on any atom is -0.445 e. The van der Waals surface area contributed by atoms with E-state index >= 15 is 0 Å². The number of hydrogen-bond acceptors (Lipinski definition) is 5. The molecule has 112 valence electrons. The second-order valence-corrected chi connectivity index (χ2v) is 4.43. The zero-order valence-corrected chi connectivity index (χ0v) is 11.6. The molecule has 2 rings (SSSR count). The molecular formula is C15H17NO5. The summed E-state index contributed by atoms with van der Waals surface area (Å²) in [6, 6.07) is 9.40. The summed E-state index contributed by atoms with van der Waals surface area (Å²) in [7, 11) is 0. The molecule has 0 spiro atoms. The Morgan fingerprint density at radius 1 is 1.38 bits per heavy atom. The summed E-state index contributed by atoms with van der Waals surface area (Å²) in [5.41, 5.74) is 0.911. The Morgan fingerprint density at radius 3 is 2.86 bits per heavy atom. The van der Waals surface area contributed by atoms with E-state index in [2.05, 4.69) is 6.58 Å². The highest BCUT2D eigenvalue weighted by Gasteiger charge is 2.27. The molecule has 0 aromatic heterocycles. The van der Waals surface area contributed by atoms with Gasteiger partial charge in [0, 0.05) is 12.6 Å². The van der Waals surface area contributed by atoms with E-state index in [-0.39, 0.29) is 19.8 Å². The van der Waals surface area contributed by atoms with Crippen LogP contribution in [-0.2, 0) is 25.6 Å². The van der Waals surface area contributed by atoms with Gasteiger partial charge in [-0.3, -0.25) is 4.90 Å². The fourth-order valence-corrected chi connectivity index (χ4v) is 1.84. The van der Waals surface area contributed by atoms with E-state index < -0.39 is 18.4 Å². The summed E-state index contributed by atoms with van der Waals surface area (Å²) in [5.74, 6) is -0.584. The Hall–Kier alpha value is -2.34. The van der Waals surface area contributed by atoms with Gasteiger partial charge < -0.3 is 14.2 Å². The third-order valence-electron chi connectivity index (χ3n) is 2.91. The Bertz CT molecular complexity index is 502. The summed E-state index contributed by atoms with van der Waals surface area (Å²) in [5, 5.41) is 0. The molecule has 0 bridgehead atoms. The van der Waals surface area contributed by atoms with Crippen LogP contribution in [0.5, 0.6) is 0 Å². The first-order chi connectivity index (χ1) is 10.2. The van der Waals surface area contributed by atoms with Crippen molar-refractivity contribution in [3.8, 4) is 0 Å². The number of carbonyl (C=O) groups is 2. The molecule has 1 aliphatic rings. The molecular weight excluding hydrogens is 274 g/mol. The highest BCUT2D eigenvalue weighted by Crippen LogP contribution is 2.10. The van der Waals surface area contributed by atoms with Gasteiger partial charge in [-0.15, -0.1) is 0 Å². The van der Waals surface area contributed by atoms with Gasteiger partial charge in [0.1, 0.15) is 6.61 Å². The highest BCUT2D eigenvalue weighted by atomic mass is 16.7. The molecule has 1 saturated heterocycles. The van der Waals surface area contributed by atoms with Crippen LogP contribution in [0.4, 0.5) is 4.79 Å². The first-order valence-corrected chi connectivity index (χ1v) is 6.59. The summed E-state index contributed by atoms with van der Waals surface area (Å²) in [6.07, 6.45) is -0.189. The first kappa shape index (κ1) is 15.1. The number of amides is 1. The number of nitrogens with zero attached hydrogens (tertiary/aromatic N) is 1. The number of hydrogen-bond donors (Lipinski definition) is 0. The maximum atomic E-state index is 12.0. The predicted molar refractivity (Wildman–Crippen MR) is 74.2 cm³/mol. The zero-order valence-electron chi connectivity index (χ0n) is 11.6. The fourth-order valence-electron chi connectivity index (χ4n) is 1.84. The zero-order chi connectivity index (χ0) is 15.1. The van der Waals surface area contributed by atoms with Crippen molar-refractivity contribution >= 4 is 12.1 Å². The van der Waals surface area contributed by atoms with Crippen molar-refractivity contribution in [2.24, 2.45) is 0 Å². The molecule has 1 fully saturated rings. The molecule has 6 heteroatoms. The number of benzene rings is 1. The molecule has 1 aromatic carbocycles. The van der Waals surface area contributed by atoms with Crippen LogP contribution in [0.2, 0.25) is 0 Å². The van der Waals surface area contributed by atoms with Crippen LogP contribution < -0.4 is 0 Å². The highest BCUT2D eigenvalue weighted by molar-refractivity contribution is 5.81. The molecule has 1 amide bonds. The van der Waals surface area contributed by atoms with Crippen LogP contribution in [0, 0.1) is 0 Å². The van der Waals surface area contributed by atoms with Crippen LogP contribution in [0.25, 0.3) is 0 Å². The lowest BCUT2D eigenvalue weighted by Crippen LogP contribution is -2.47. The molecule has 0 saturated carbocycles. The number of carbonyl (C=O) groups excluding carboxylic acids is 2. The number of rotatable bonds is 4. The molecule has 0 aliphatic carbocycles. The molecule has 0 N–H and O–H groups in total. The van der Waals surface area contributed by atoms with E-state index in [0.717, 1.165) is 11.6 Å². The molecule has 21 heavy (non-hydrogen) atoms. The van der Waals surface area contributed by atoms with Crippen molar-refractivity contribution in [1.82, 2.24) is 4.90 Å². The van der Waals surface area contributed by atoms with E-state index in [4.69, 9.17) is 14.2 Å². The number of esters is 1. The molecule has 6 nitrogen and oxygen atoms in total. The van der Waals surface area contributed by atoms with E-state index in [0.29, 0.717) is 6.54 Å². The van der Waals surface area contributed by atoms with E-state index in [9.17, 15) is 9.59 Å². The fraction of sp³-hybridized carbons (Fsp3) is 0.333. The lowest BCUT2D eigenvalue weighted by Gasteiger charge is -2.31. The van der Waals surface area contributed by atoms with Crippen LogP contribution in [0.15, 0.2) is 43.0 Å². The molecule has 1 aliphatic heterocycles. The van der Waals surface area contributed by atoms with Crippen molar-refractivity contribution in [3.05, 3.63) is 48.6 Å². The van der Waals surface area contributed by atoms with E-state index in [1.807, 2.05) is 30.3 Å².